The normalized spacial score (nSPS) is 11.0. The monoisotopic (exact) mass is 298 g/mol. The van der Waals surface area contributed by atoms with E-state index < -0.39 is 5.97 Å². The standard InChI is InChI=1S/C21H14O2/c22-21(23)19-10-4-3-9-17(19)18-11-5-8-16-12-14-6-1-2-7-15(14)13-20(16)18/h1-13H,(H,22,23). The Labute approximate surface area is 133 Å². The van der Waals surface area contributed by atoms with Crippen LogP contribution in [-0.4, -0.2) is 11.1 Å². The maximum Gasteiger partial charge on any atom is 0.336 e. The van der Waals surface area contributed by atoms with Crippen LogP contribution >= 0.6 is 0 Å². The smallest absolute Gasteiger partial charge is 0.336 e. The molecule has 0 spiro atoms. The number of fused-ring (bicyclic) bond motifs is 2. The molecule has 0 unspecified atom stereocenters. The zero-order valence-electron chi connectivity index (χ0n) is 12.4. The molecule has 0 aromatic heterocycles. The van der Waals surface area contributed by atoms with Gasteiger partial charge in [0.25, 0.3) is 0 Å². The zero-order valence-corrected chi connectivity index (χ0v) is 12.4. The molecule has 23 heavy (non-hydrogen) atoms. The van der Waals surface area contributed by atoms with Gasteiger partial charge in [0.2, 0.25) is 0 Å². The summed E-state index contributed by atoms with van der Waals surface area (Å²) in [5, 5.41) is 14.0. The van der Waals surface area contributed by atoms with E-state index in [0.29, 0.717) is 5.56 Å². The second-order valence-electron chi connectivity index (χ2n) is 5.58. The van der Waals surface area contributed by atoms with Crippen molar-refractivity contribution < 1.29 is 9.90 Å². The number of hydrogen-bond acceptors (Lipinski definition) is 1. The van der Waals surface area contributed by atoms with E-state index in [4.69, 9.17) is 0 Å². The maximum absolute atomic E-state index is 11.5. The third kappa shape index (κ3) is 2.25. The molecule has 0 bridgehead atoms. The second-order valence-corrected chi connectivity index (χ2v) is 5.58. The Morgan fingerprint density at radius 2 is 1.26 bits per heavy atom. The fourth-order valence-electron chi connectivity index (χ4n) is 3.11. The molecular formula is C21H14O2. The van der Waals surface area contributed by atoms with Gasteiger partial charge >= 0.3 is 5.97 Å². The van der Waals surface area contributed by atoms with E-state index in [-0.39, 0.29) is 0 Å². The summed E-state index contributed by atoms with van der Waals surface area (Å²) in [6, 6.07) is 25.7. The summed E-state index contributed by atoms with van der Waals surface area (Å²) in [5.41, 5.74) is 2.03. The van der Waals surface area contributed by atoms with Crippen LogP contribution in [0.1, 0.15) is 10.4 Å². The quantitative estimate of drug-likeness (QED) is 0.506. The third-order valence-corrected chi connectivity index (χ3v) is 4.19. The highest BCUT2D eigenvalue weighted by atomic mass is 16.4. The Morgan fingerprint density at radius 3 is 2.04 bits per heavy atom. The molecule has 0 aliphatic rings. The lowest BCUT2D eigenvalue weighted by atomic mass is 9.93. The first kappa shape index (κ1) is 13.5. The maximum atomic E-state index is 11.5. The van der Waals surface area contributed by atoms with E-state index in [9.17, 15) is 9.90 Å². The van der Waals surface area contributed by atoms with Gasteiger partial charge in [-0.15, -0.1) is 0 Å². The van der Waals surface area contributed by atoms with Gasteiger partial charge in [-0.2, -0.15) is 0 Å². The van der Waals surface area contributed by atoms with Gasteiger partial charge in [0.05, 0.1) is 5.56 Å². The molecule has 110 valence electrons. The van der Waals surface area contributed by atoms with Crippen LogP contribution in [0.3, 0.4) is 0 Å². The average Bonchev–Trinajstić information content (AvgIpc) is 2.59. The molecular weight excluding hydrogens is 284 g/mol. The fourth-order valence-corrected chi connectivity index (χ4v) is 3.11. The van der Waals surface area contributed by atoms with Gasteiger partial charge in [0, 0.05) is 0 Å². The van der Waals surface area contributed by atoms with Gasteiger partial charge in [-0.3, -0.25) is 0 Å². The molecule has 4 rings (SSSR count). The van der Waals surface area contributed by atoms with Crippen molar-refractivity contribution >= 4 is 27.5 Å². The number of aromatic carboxylic acids is 1. The molecule has 1 N–H and O–H groups in total. The zero-order chi connectivity index (χ0) is 15.8. The average molecular weight is 298 g/mol. The Balaban J connectivity index is 2.08. The molecule has 0 fully saturated rings. The summed E-state index contributed by atoms with van der Waals surface area (Å²) in [4.78, 5) is 11.5. The molecule has 0 aliphatic heterocycles. The number of benzene rings is 4. The Morgan fingerprint density at radius 1 is 0.652 bits per heavy atom. The fraction of sp³-hybridized carbons (Fsp3) is 0. The summed E-state index contributed by atoms with van der Waals surface area (Å²) < 4.78 is 0. The Kier molecular flexibility index (Phi) is 3.09. The molecule has 0 aliphatic carbocycles. The van der Waals surface area contributed by atoms with E-state index in [1.165, 1.54) is 5.39 Å². The molecule has 2 nitrogen and oxygen atoms in total. The molecule has 2 heteroatoms. The predicted molar refractivity (Wildman–Crippen MR) is 93.8 cm³/mol. The van der Waals surface area contributed by atoms with Crippen LogP contribution in [0.25, 0.3) is 32.7 Å². The van der Waals surface area contributed by atoms with Crippen molar-refractivity contribution in [3.63, 3.8) is 0 Å². The van der Waals surface area contributed by atoms with Crippen molar-refractivity contribution in [2.45, 2.75) is 0 Å². The summed E-state index contributed by atoms with van der Waals surface area (Å²) in [7, 11) is 0. The van der Waals surface area contributed by atoms with Crippen LogP contribution in [0.15, 0.2) is 78.9 Å². The largest absolute Gasteiger partial charge is 0.478 e. The number of carboxylic acids is 1. The SMILES string of the molecule is O=C(O)c1ccccc1-c1cccc2cc3ccccc3cc12. The van der Waals surface area contributed by atoms with Gasteiger partial charge in [-0.25, -0.2) is 4.79 Å². The third-order valence-electron chi connectivity index (χ3n) is 4.19. The van der Waals surface area contributed by atoms with Crippen molar-refractivity contribution in [1.82, 2.24) is 0 Å². The molecule has 0 amide bonds. The Hall–Kier alpha value is -3.13. The molecule has 0 atom stereocenters. The van der Waals surface area contributed by atoms with Gasteiger partial charge < -0.3 is 5.11 Å². The first-order valence-electron chi connectivity index (χ1n) is 7.48. The summed E-state index contributed by atoms with van der Waals surface area (Å²) >= 11 is 0. The van der Waals surface area contributed by atoms with Crippen LogP contribution in [0, 0.1) is 0 Å². The summed E-state index contributed by atoms with van der Waals surface area (Å²) in [6.45, 7) is 0. The van der Waals surface area contributed by atoms with Crippen molar-refractivity contribution in [1.29, 1.82) is 0 Å². The highest BCUT2D eigenvalue weighted by Gasteiger charge is 2.13. The van der Waals surface area contributed by atoms with Crippen molar-refractivity contribution in [2.24, 2.45) is 0 Å². The van der Waals surface area contributed by atoms with E-state index in [1.807, 2.05) is 36.4 Å². The molecule has 4 aromatic carbocycles. The van der Waals surface area contributed by atoms with Gasteiger partial charge in [-0.05, 0) is 50.9 Å². The first-order valence-corrected chi connectivity index (χ1v) is 7.48. The Bertz CT molecular complexity index is 1050. The molecule has 0 radical (unpaired) electrons. The first-order chi connectivity index (χ1) is 11.2. The van der Waals surface area contributed by atoms with Crippen molar-refractivity contribution in [3.8, 4) is 11.1 Å². The van der Waals surface area contributed by atoms with E-state index >= 15 is 0 Å². The number of hydrogen-bond donors (Lipinski definition) is 1. The lowest BCUT2D eigenvalue weighted by Gasteiger charge is -2.11. The van der Waals surface area contributed by atoms with E-state index in [0.717, 1.165) is 27.3 Å². The predicted octanol–water partition coefficient (Wildman–Crippen LogP) is 5.36. The van der Waals surface area contributed by atoms with Crippen molar-refractivity contribution in [3.05, 3.63) is 84.4 Å². The van der Waals surface area contributed by atoms with Crippen LogP contribution < -0.4 is 0 Å². The lowest BCUT2D eigenvalue weighted by molar-refractivity contribution is 0.0698. The minimum absolute atomic E-state index is 0.327. The molecule has 0 heterocycles. The van der Waals surface area contributed by atoms with Crippen LogP contribution in [0.4, 0.5) is 0 Å². The number of rotatable bonds is 2. The second kappa shape index (κ2) is 5.25. The van der Waals surface area contributed by atoms with Crippen LogP contribution in [-0.2, 0) is 0 Å². The molecule has 0 saturated carbocycles. The van der Waals surface area contributed by atoms with E-state index in [1.54, 1.807) is 12.1 Å². The summed E-state index contributed by atoms with van der Waals surface area (Å²) in [5.74, 6) is -0.904. The molecule has 0 saturated heterocycles. The van der Waals surface area contributed by atoms with Gasteiger partial charge in [0.1, 0.15) is 0 Å². The molecule has 4 aromatic rings. The van der Waals surface area contributed by atoms with Crippen LogP contribution in [0.5, 0.6) is 0 Å². The summed E-state index contributed by atoms with van der Waals surface area (Å²) in [6.07, 6.45) is 0. The highest BCUT2D eigenvalue weighted by Crippen LogP contribution is 2.33. The van der Waals surface area contributed by atoms with Gasteiger partial charge in [0.15, 0.2) is 0 Å². The topological polar surface area (TPSA) is 37.3 Å². The number of carbonyl (C=O) groups is 1. The lowest BCUT2D eigenvalue weighted by Crippen LogP contribution is -1.99. The minimum Gasteiger partial charge on any atom is -0.478 e. The van der Waals surface area contributed by atoms with E-state index in [2.05, 4.69) is 30.3 Å². The van der Waals surface area contributed by atoms with Crippen LogP contribution in [0.2, 0.25) is 0 Å². The highest BCUT2D eigenvalue weighted by molar-refractivity contribution is 6.07. The minimum atomic E-state index is -0.904. The number of carboxylic acid groups (broad SMARTS) is 1. The van der Waals surface area contributed by atoms with Gasteiger partial charge in [-0.1, -0.05) is 60.7 Å². The van der Waals surface area contributed by atoms with Crippen molar-refractivity contribution in [2.75, 3.05) is 0 Å².